The summed E-state index contributed by atoms with van der Waals surface area (Å²) < 4.78 is 20.8. The van der Waals surface area contributed by atoms with Crippen LogP contribution in [-0.4, -0.2) is 66.4 Å². The average Bonchev–Trinajstić information content (AvgIpc) is 3.77. The Bertz CT molecular complexity index is 2910. The molecule has 1 saturated heterocycles. The van der Waals surface area contributed by atoms with Crippen LogP contribution in [0.3, 0.4) is 0 Å². The average molecular weight is 890 g/mol. The second kappa shape index (κ2) is 17.5. The van der Waals surface area contributed by atoms with Crippen LogP contribution in [0.2, 0.25) is 0 Å². The number of rotatable bonds is 7. The second-order valence-electron chi connectivity index (χ2n) is 14.4. The van der Waals surface area contributed by atoms with Gasteiger partial charge in [0.15, 0.2) is 11.6 Å². The number of benzene rings is 3. The molecule has 1 fully saturated rings. The number of aromatic nitrogens is 4. The van der Waals surface area contributed by atoms with E-state index in [0.717, 1.165) is 26.9 Å². The van der Waals surface area contributed by atoms with Crippen molar-refractivity contribution in [3.63, 3.8) is 0 Å². The number of halogens is 2. The number of hydrogen-bond acceptors (Lipinski definition) is 10. The highest BCUT2D eigenvalue weighted by Gasteiger charge is 2.49. The first-order valence-corrected chi connectivity index (χ1v) is 19.9. The third-order valence-electron chi connectivity index (χ3n) is 10.3. The Morgan fingerprint density at radius 1 is 0.774 bits per heavy atom. The largest absolute Gasteiger partial charge is 0.506 e. The van der Waals surface area contributed by atoms with Gasteiger partial charge < -0.3 is 19.8 Å². The van der Waals surface area contributed by atoms with Crippen molar-refractivity contribution < 1.29 is 33.7 Å². The molecule has 6 heterocycles. The van der Waals surface area contributed by atoms with Crippen LogP contribution in [-0.2, 0) is 16.1 Å². The van der Waals surface area contributed by atoms with Crippen molar-refractivity contribution in [1.82, 2.24) is 30.2 Å². The van der Waals surface area contributed by atoms with E-state index in [-0.39, 0.29) is 42.3 Å². The fraction of sp³-hybridized carbons (Fsp3) is 0.104. The lowest BCUT2D eigenvalue weighted by atomic mass is 9.85. The summed E-state index contributed by atoms with van der Waals surface area (Å²) in [5.41, 5.74) is 5.01. The number of imide groups is 1. The lowest BCUT2D eigenvalue weighted by Crippen LogP contribution is -2.42. The summed E-state index contributed by atoms with van der Waals surface area (Å²) in [5, 5.41) is 22.8. The van der Waals surface area contributed by atoms with Gasteiger partial charge in [0, 0.05) is 70.2 Å². The van der Waals surface area contributed by atoms with Gasteiger partial charge in [-0.1, -0.05) is 58.1 Å². The Kier molecular flexibility index (Phi) is 11.5. The van der Waals surface area contributed by atoms with Gasteiger partial charge >= 0.3 is 0 Å². The minimum Gasteiger partial charge on any atom is -0.506 e. The molecule has 7 aromatic rings. The Morgan fingerprint density at radius 2 is 1.35 bits per heavy atom. The molecule has 3 N–H and O–H groups in total. The highest BCUT2D eigenvalue weighted by molar-refractivity contribution is 9.10. The molecule has 2 aliphatic heterocycles. The van der Waals surface area contributed by atoms with Crippen LogP contribution in [0, 0.1) is 23.1 Å². The number of pyridine rings is 4. The first kappa shape index (κ1) is 41.0. The van der Waals surface area contributed by atoms with E-state index >= 15 is 0 Å². The summed E-state index contributed by atoms with van der Waals surface area (Å²) in [5.74, 6) is 3.55. The van der Waals surface area contributed by atoms with E-state index in [9.17, 15) is 29.0 Å². The topological polar surface area (TPSA) is 168 Å². The van der Waals surface area contributed by atoms with Gasteiger partial charge in [0.05, 0.1) is 30.5 Å². The zero-order valence-electron chi connectivity index (χ0n) is 32.8. The van der Waals surface area contributed by atoms with Crippen LogP contribution in [0.4, 0.5) is 4.39 Å². The standard InChI is InChI=1S/C32H23FN4O5.C16H11BrN2O/c1-42-25-11-8-22-17-37(30(40)27(22)28(25)33)18-32(15-26(39)36-31(32)41)13-12-19-4-6-20(7-5-19)29-24(38)10-9-23(35-29)21-3-2-14-34-16-21;17-13-5-3-11(4-6-13)16-15(20)8-7-14(19-16)12-2-1-9-18-10-12/h2-11,14,16,38H,15,17-18H2,1H3,(H,36,39,41);1-10,20H/t32-;/m1./s1. The number of hydrogen-bond donors (Lipinski definition) is 3. The molecule has 0 bridgehead atoms. The van der Waals surface area contributed by atoms with Gasteiger partial charge in [-0.15, -0.1) is 0 Å². The molecule has 3 aromatic carbocycles. The van der Waals surface area contributed by atoms with E-state index in [1.807, 2.05) is 42.5 Å². The number of ether oxygens (including phenoxy) is 1. The summed E-state index contributed by atoms with van der Waals surface area (Å²) in [6.45, 7) is -0.118. The molecule has 12 nitrogen and oxygen atoms in total. The van der Waals surface area contributed by atoms with Crippen molar-refractivity contribution in [3.8, 4) is 74.1 Å². The van der Waals surface area contributed by atoms with Gasteiger partial charge in [0.25, 0.3) is 5.91 Å². The van der Waals surface area contributed by atoms with E-state index in [1.54, 1.807) is 85.5 Å². The van der Waals surface area contributed by atoms with E-state index < -0.39 is 29.0 Å². The maximum atomic E-state index is 14.8. The third kappa shape index (κ3) is 8.47. The van der Waals surface area contributed by atoms with Gasteiger partial charge in [-0.3, -0.25) is 29.7 Å². The van der Waals surface area contributed by atoms with Crippen LogP contribution in [0.15, 0.2) is 138 Å². The fourth-order valence-corrected chi connectivity index (χ4v) is 7.37. The van der Waals surface area contributed by atoms with Gasteiger partial charge in [-0.2, -0.15) is 0 Å². The highest BCUT2D eigenvalue weighted by atomic mass is 79.9. The Balaban J connectivity index is 0.000000220. The monoisotopic (exact) mass is 888 g/mol. The second-order valence-corrected chi connectivity index (χ2v) is 15.3. The smallest absolute Gasteiger partial charge is 0.257 e. The lowest BCUT2D eigenvalue weighted by Gasteiger charge is -2.25. The first-order valence-electron chi connectivity index (χ1n) is 19.1. The molecule has 14 heteroatoms. The van der Waals surface area contributed by atoms with Crippen molar-refractivity contribution >= 4 is 33.7 Å². The Hall–Kier alpha value is -7.76. The number of carbonyl (C=O) groups is 3. The number of methoxy groups -OCH3 is 1. The van der Waals surface area contributed by atoms with Crippen molar-refractivity contribution in [1.29, 1.82) is 0 Å². The third-order valence-corrected chi connectivity index (χ3v) is 10.8. The predicted molar refractivity (Wildman–Crippen MR) is 232 cm³/mol. The Labute approximate surface area is 363 Å². The molecule has 0 radical (unpaired) electrons. The minimum atomic E-state index is -1.51. The molecule has 9 rings (SSSR count). The van der Waals surface area contributed by atoms with E-state index in [0.29, 0.717) is 33.8 Å². The molecule has 1 atom stereocenters. The number of nitrogens with one attached hydrogen (secondary N) is 1. The zero-order valence-corrected chi connectivity index (χ0v) is 34.4. The number of aromatic hydroxyl groups is 2. The minimum absolute atomic E-state index is 0.00639. The fourth-order valence-electron chi connectivity index (χ4n) is 7.11. The van der Waals surface area contributed by atoms with Crippen molar-refractivity contribution in [2.45, 2.75) is 13.0 Å². The van der Waals surface area contributed by atoms with E-state index in [2.05, 4.69) is 53.0 Å². The summed E-state index contributed by atoms with van der Waals surface area (Å²) in [4.78, 5) is 57.0. The quantitative estimate of drug-likeness (QED) is 0.105. The molecule has 0 aliphatic carbocycles. The number of fused-ring (bicyclic) bond motifs is 1. The maximum Gasteiger partial charge on any atom is 0.257 e. The van der Waals surface area contributed by atoms with Gasteiger partial charge in [0.1, 0.15) is 28.3 Å². The molecule has 62 heavy (non-hydrogen) atoms. The maximum absolute atomic E-state index is 14.8. The molecule has 0 saturated carbocycles. The molecule has 0 unspecified atom stereocenters. The first-order chi connectivity index (χ1) is 30.0. The molecule has 306 valence electrons. The Morgan fingerprint density at radius 3 is 1.87 bits per heavy atom. The van der Waals surface area contributed by atoms with E-state index in [4.69, 9.17) is 4.74 Å². The zero-order chi connectivity index (χ0) is 43.4. The van der Waals surface area contributed by atoms with Crippen LogP contribution < -0.4 is 10.1 Å². The van der Waals surface area contributed by atoms with E-state index in [1.165, 1.54) is 18.1 Å². The van der Waals surface area contributed by atoms with Crippen LogP contribution in [0.5, 0.6) is 17.2 Å². The number of amides is 3. The summed E-state index contributed by atoms with van der Waals surface area (Å²) in [7, 11) is 1.31. The molecule has 3 amide bonds. The predicted octanol–water partition coefficient (Wildman–Crippen LogP) is 7.98. The number of nitrogens with zero attached hydrogens (tertiary/aromatic N) is 5. The van der Waals surface area contributed by atoms with Gasteiger partial charge in [-0.05, 0) is 84.4 Å². The molecular formula is C48H34BrFN6O6. The van der Waals surface area contributed by atoms with Crippen molar-refractivity contribution in [3.05, 3.63) is 161 Å². The molecule has 2 aliphatic rings. The SMILES string of the molecule is COc1ccc2c(c1F)C(=O)N(C[C@@]1(C#Cc3ccc(-c4nc(-c5cccnc5)ccc4O)cc3)CC(=O)NC1=O)C2.Oc1ccc(-c2cccnc2)nc1-c1ccc(Br)cc1. The van der Waals surface area contributed by atoms with Crippen LogP contribution >= 0.6 is 15.9 Å². The van der Waals surface area contributed by atoms with Crippen LogP contribution in [0.1, 0.15) is 27.9 Å². The summed E-state index contributed by atoms with van der Waals surface area (Å²) in [6.07, 6.45) is 6.59. The van der Waals surface area contributed by atoms with Gasteiger partial charge in [0.2, 0.25) is 11.8 Å². The molecule has 0 spiro atoms. The van der Waals surface area contributed by atoms with Crippen LogP contribution in [0.25, 0.3) is 45.0 Å². The summed E-state index contributed by atoms with van der Waals surface area (Å²) >= 11 is 3.40. The summed E-state index contributed by atoms with van der Waals surface area (Å²) in [6, 6.07) is 31.8. The highest BCUT2D eigenvalue weighted by Crippen LogP contribution is 2.36. The number of carbonyl (C=O) groups excluding carboxylic acids is 3. The molecule has 4 aromatic heterocycles. The van der Waals surface area contributed by atoms with Crippen molar-refractivity contribution in [2.75, 3.05) is 13.7 Å². The lowest BCUT2D eigenvalue weighted by molar-refractivity contribution is -0.127. The normalized spacial score (nSPS) is 15.2. The van der Waals surface area contributed by atoms with Crippen molar-refractivity contribution in [2.24, 2.45) is 5.41 Å². The molecular weight excluding hydrogens is 855 g/mol. The van der Waals surface area contributed by atoms with Gasteiger partial charge in [-0.25, -0.2) is 14.4 Å².